The Labute approximate surface area is 303 Å². The molecule has 51 heavy (non-hydrogen) atoms. The van der Waals surface area contributed by atoms with Gasteiger partial charge in [0.2, 0.25) is 0 Å². The molecule has 3 aromatic carbocycles. The normalized spacial score (nSPS) is 19.1. The van der Waals surface area contributed by atoms with Gasteiger partial charge in [0.05, 0.1) is 26.9 Å². The molecule has 1 fully saturated rings. The van der Waals surface area contributed by atoms with E-state index in [0.29, 0.717) is 17.1 Å². The molecule has 4 aromatic rings. The summed E-state index contributed by atoms with van der Waals surface area (Å²) in [6.07, 6.45) is 1.13. The summed E-state index contributed by atoms with van der Waals surface area (Å²) < 4.78 is 49.4. The minimum absolute atomic E-state index is 0.0110. The van der Waals surface area contributed by atoms with Gasteiger partial charge < -0.3 is 23.5 Å². The molecule has 11 nitrogen and oxygen atoms in total. The Kier molecular flexibility index (Phi) is 12.4. The lowest BCUT2D eigenvalue weighted by Crippen LogP contribution is -2.40. The number of hydrogen-bond donors (Lipinski definition) is 1. The van der Waals surface area contributed by atoms with Crippen molar-refractivity contribution in [3.05, 3.63) is 128 Å². The molecule has 274 valence electrons. The van der Waals surface area contributed by atoms with Crippen LogP contribution in [0.4, 0.5) is 0 Å². The van der Waals surface area contributed by atoms with E-state index in [1.807, 2.05) is 111 Å². The first-order valence-electron chi connectivity index (χ1n) is 17.0. The molecular formula is C38H48N3O8PS. The van der Waals surface area contributed by atoms with Crippen LogP contribution in [0.5, 0.6) is 11.5 Å². The molecule has 0 radical (unpaired) electrons. The standard InChI is InChI=1S/C38H48N3O8PS/c1-25(2)41(26(3)4)50(44,51-8)49-33-22-35(40-23-27(5)36(42)39-37(40)43)48-34(33)24-47-38(28-12-10-9-11-13-28,29-14-18-31(45-6)19-15-29)30-16-20-32(46-7)21-17-30/h9-21,23,25-26,33-35H,22,24H2,1-8H3,(H,39,42,43). The van der Waals surface area contributed by atoms with E-state index in [1.165, 1.54) is 22.1 Å². The van der Waals surface area contributed by atoms with Gasteiger partial charge in [-0.1, -0.05) is 66.0 Å². The van der Waals surface area contributed by atoms with Crippen molar-refractivity contribution in [2.75, 3.05) is 27.1 Å². The second-order valence-electron chi connectivity index (χ2n) is 13.0. The van der Waals surface area contributed by atoms with Crippen molar-refractivity contribution < 1.29 is 28.0 Å². The maximum absolute atomic E-state index is 14.7. The zero-order valence-electron chi connectivity index (χ0n) is 30.4. The number of rotatable bonds is 15. The van der Waals surface area contributed by atoms with E-state index in [4.69, 9.17) is 23.5 Å². The Hall–Kier alpha value is -3.64. The van der Waals surface area contributed by atoms with E-state index >= 15 is 0 Å². The quantitative estimate of drug-likeness (QED) is 0.0996. The third kappa shape index (κ3) is 8.06. The molecule has 1 aliphatic heterocycles. The summed E-state index contributed by atoms with van der Waals surface area (Å²) in [6, 6.07) is 25.2. The molecule has 0 spiro atoms. The van der Waals surface area contributed by atoms with Crippen LogP contribution >= 0.6 is 18.1 Å². The second kappa shape index (κ2) is 16.4. The Morgan fingerprint density at radius 1 is 0.902 bits per heavy atom. The van der Waals surface area contributed by atoms with Gasteiger partial charge in [-0.2, -0.15) is 0 Å². The number of nitrogens with zero attached hydrogens (tertiary/aromatic N) is 2. The Balaban J connectivity index is 1.62. The summed E-state index contributed by atoms with van der Waals surface area (Å²) in [5.41, 5.74) is 0.662. The first kappa shape index (κ1) is 38.6. The summed E-state index contributed by atoms with van der Waals surface area (Å²) in [5, 5.41) is 0. The van der Waals surface area contributed by atoms with Crippen LogP contribution in [0.2, 0.25) is 0 Å². The van der Waals surface area contributed by atoms with Crippen molar-refractivity contribution in [2.24, 2.45) is 0 Å². The number of ether oxygens (including phenoxy) is 4. The number of nitrogens with one attached hydrogen (secondary N) is 1. The lowest BCUT2D eigenvalue weighted by molar-refractivity contribution is -0.0918. The third-order valence-corrected chi connectivity index (χ3v) is 13.8. The van der Waals surface area contributed by atoms with E-state index in [2.05, 4.69) is 4.98 Å². The van der Waals surface area contributed by atoms with E-state index in [-0.39, 0.29) is 25.1 Å². The van der Waals surface area contributed by atoms with Crippen LogP contribution in [-0.4, -0.2) is 65.6 Å². The molecule has 1 aliphatic rings. The van der Waals surface area contributed by atoms with Gasteiger partial charge in [-0.3, -0.25) is 18.9 Å². The van der Waals surface area contributed by atoms with Gasteiger partial charge in [0.1, 0.15) is 29.4 Å². The highest BCUT2D eigenvalue weighted by molar-refractivity contribution is 8.55. The van der Waals surface area contributed by atoms with Crippen LogP contribution in [0.25, 0.3) is 0 Å². The smallest absolute Gasteiger partial charge is 0.330 e. The van der Waals surface area contributed by atoms with Crippen molar-refractivity contribution in [1.29, 1.82) is 0 Å². The molecule has 1 saturated heterocycles. The average molecular weight is 738 g/mol. The van der Waals surface area contributed by atoms with Crippen molar-refractivity contribution >= 4 is 18.1 Å². The third-order valence-electron chi connectivity index (χ3n) is 9.11. The number of benzene rings is 3. The number of aromatic amines is 1. The van der Waals surface area contributed by atoms with E-state index < -0.39 is 42.0 Å². The molecule has 0 bridgehead atoms. The van der Waals surface area contributed by atoms with Crippen LogP contribution in [0.3, 0.4) is 0 Å². The minimum Gasteiger partial charge on any atom is -0.497 e. The molecule has 4 atom stereocenters. The van der Waals surface area contributed by atoms with Crippen molar-refractivity contribution in [2.45, 2.75) is 77.2 Å². The maximum Gasteiger partial charge on any atom is 0.330 e. The molecule has 0 amide bonds. The predicted octanol–water partition coefficient (Wildman–Crippen LogP) is 7.13. The largest absolute Gasteiger partial charge is 0.497 e. The van der Waals surface area contributed by atoms with E-state index in [9.17, 15) is 14.2 Å². The van der Waals surface area contributed by atoms with E-state index in [1.54, 1.807) is 27.4 Å². The molecule has 1 N–H and O–H groups in total. The zero-order chi connectivity index (χ0) is 36.9. The van der Waals surface area contributed by atoms with Crippen molar-refractivity contribution in [3.63, 3.8) is 0 Å². The van der Waals surface area contributed by atoms with E-state index in [0.717, 1.165) is 16.7 Å². The van der Waals surface area contributed by atoms with Gasteiger partial charge in [0.25, 0.3) is 5.56 Å². The highest BCUT2D eigenvalue weighted by atomic mass is 32.7. The first-order valence-corrected chi connectivity index (χ1v) is 20.4. The predicted molar refractivity (Wildman–Crippen MR) is 201 cm³/mol. The van der Waals surface area contributed by atoms with Gasteiger partial charge in [0.15, 0.2) is 0 Å². The summed E-state index contributed by atoms with van der Waals surface area (Å²) >= 11 is 1.17. The lowest BCUT2D eigenvalue weighted by Gasteiger charge is -2.39. The monoisotopic (exact) mass is 737 g/mol. The number of aromatic nitrogens is 2. The number of hydrogen-bond acceptors (Lipinski definition) is 9. The van der Waals surface area contributed by atoms with Crippen LogP contribution in [0, 0.1) is 6.92 Å². The van der Waals surface area contributed by atoms with Crippen LogP contribution in [0.1, 0.15) is 62.6 Å². The van der Waals surface area contributed by atoms with Crippen molar-refractivity contribution in [1.82, 2.24) is 14.2 Å². The summed E-state index contributed by atoms with van der Waals surface area (Å²) in [5.74, 6) is 1.39. The fourth-order valence-corrected chi connectivity index (χ4v) is 11.1. The van der Waals surface area contributed by atoms with Gasteiger partial charge in [-0.15, -0.1) is 0 Å². The fourth-order valence-electron chi connectivity index (χ4n) is 6.74. The number of methoxy groups -OCH3 is 2. The molecule has 13 heteroatoms. The first-order chi connectivity index (χ1) is 24.4. The van der Waals surface area contributed by atoms with Crippen LogP contribution in [-0.2, 0) is 24.2 Å². The molecule has 1 aromatic heterocycles. The Bertz CT molecular complexity index is 1860. The number of H-pyrrole nitrogens is 1. The highest BCUT2D eigenvalue weighted by Crippen LogP contribution is 2.65. The Morgan fingerprint density at radius 2 is 1.43 bits per heavy atom. The summed E-state index contributed by atoms with van der Waals surface area (Å²) in [6.45, 7) is 6.09. The molecule has 0 saturated carbocycles. The molecule has 0 aliphatic carbocycles. The van der Waals surface area contributed by atoms with Crippen LogP contribution in [0.15, 0.2) is 94.6 Å². The topological polar surface area (TPSA) is 121 Å². The van der Waals surface area contributed by atoms with Gasteiger partial charge in [-0.05, 0) is 81.8 Å². The van der Waals surface area contributed by atoms with Crippen molar-refractivity contribution in [3.8, 4) is 11.5 Å². The molecular weight excluding hydrogens is 689 g/mol. The molecule has 4 unspecified atom stereocenters. The maximum atomic E-state index is 14.7. The zero-order valence-corrected chi connectivity index (χ0v) is 32.1. The SMILES string of the molecule is COc1ccc(C(OCC2OC(n3cc(C)c(=O)[nH]c3=O)CC2OP(=O)(SC)N(C(C)C)C(C)C)(c2ccccc2)c2ccc(OC)cc2)cc1. The minimum atomic E-state index is -3.47. The average Bonchev–Trinajstić information content (AvgIpc) is 3.52. The van der Waals surface area contributed by atoms with Gasteiger partial charge >= 0.3 is 12.4 Å². The van der Waals surface area contributed by atoms with Gasteiger partial charge in [0, 0.05) is 30.3 Å². The fraction of sp³-hybridized carbons (Fsp3) is 0.421. The van der Waals surface area contributed by atoms with Gasteiger partial charge in [-0.25, -0.2) is 9.46 Å². The molecule has 2 heterocycles. The Morgan fingerprint density at radius 3 is 1.92 bits per heavy atom. The second-order valence-corrected chi connectivity index (χ2v) is 17.5. The molecule has 5 rings (SSSR count). The lowest BCUT2D eigenvalue weighted by atomic mass is 9.80. The highest BCUT2D eigenvalue weighted by Gasteiger charge is 2.47. The summed E-state index contributed by atoms with van der Waals surface area (Å²) in [7, 11) is 3.24. The number of aryl methyl sites for hydroxylation is 1. The summed E-state index contributed by atoms with van der Waals surface area (Å²) in [4.78, 5) is 27.7. The van der Waals surface area contributed by atoms with Crippen LogP contribution < -0.4 is 20.7 Å².